The van der Waals surface area contributed by atoms with E-state index in [1.165, 1.54) is 12.8 Å². The SMILES string of the molecule is CC(C)NC(C)(C#N)CCCN(C)CC1CCCOC1. The van der Waals surface area contributed by atoms with Crippen molar-refractivity contribution in [3.63, 3.8) is 0 Å². The van der Waals surface area contributed by atoms with Crippen LogP contribution in [0.25, 0.3) is 0 Å². The molecular weight excluding hydrogens is 250 g/mol. The molecule has 0 aromatic rings. The van der Waals surface area contributed by atoms with E-state index < -0.39 is 5.54 Å². The van der Waals surface area contributed by atoms with Crippen molar-refractivity contribution in [3.05, 3.63) is 0 Å². The van der Waals surface area contributed by atoms with Gasteiger partial charge >= 0.3 is 0 Å². The summed E-state index contributed by atoms with van der Waals surface area (Å²) in [5.41, 5.74) is -0.400. The van der Waals surface area contributed by atoms with E-state index in [2.05, 4.69) is 37.2 Å². The molecule has 1 fully saturated rings. The fraction of sp³-hybridized carbons (Fsp3) is 0.938. The van der Waals surface area contributed by atoms with E-state index in [1.54, 1.807) is 0 Å². The highest BCUT2D eigenvalue weighted by atomic mass is 16.5. The Kier molecular flexibility index (Phi) is 7.50. The Balaban J connectivity index is 2.23. The molecule has 0 saturated carbocycles. The van der Waals surface area contributed by atoms with E-state index >= 15 is 0 Å². The second kappa shape index (κ2) is 8.61. The summed E-state index contributed by atoms with van der Waals surface area (Å²) in [6.07, 6.45) is 4.43. The lowest BCUT2D eigenvalue weighted by atomic mass is 9.96. The molecule has 1 aliphatic rings. The molecule has 0 aromatic carbocycles. The van der Waals surface area contributed by atoms with Gasteiger partial charge in [0, 0.05) is 19.2 Å². The minimum atomic E-state index is -0.400. The van der Waals surface area contributed by atoms with Crippen LogP contribution in [0.5, 0.6) is 0 Å². The first-order valence-electron chi connectivity index (χ1n) is 7.90. The molecule has 0 aliphatic carbocycles. The zero-order valence-electron chi connectivity index (χ0n) is 13.6. The first kappa shape index (κ1) is 17.4. The van der Waals surface area contributed by atoms with Crippen LogP contribution in [0.15, 0.2) is 0 Å². The molecule has 4 nitrogen and oxygen atoms in total. The fourth-order valence-electron chi connectivity index (χ4n) is 2.98. The summed E-state index contributed by atoms with van der Waals surface area (Å²) in [4.78, 5) is 2.38. The van der Waals surface area contributed by atoms with Crippen molar-refractivity contribution in [1.82, 2.24) is 10.2 Å². The first-order valence-corrected chi connectivity index (χ1v) is 7.90. The normalized spacial score (nSPS) is 22.8. The van der Waals surface area contributed by atoms with Gasteiger partial charge in [0.2, 0.25) is 0 Å². The molecule has 0 radical (unpaired) electrons. The van der Waals surface area contributed by atoms with Gasteiger partial charge in [-0.25, -0.2) is 0 Å². The maximum absolute atomic E-state index is 9.32. The van der Waals surface area contributed by atoms with Crippen LogP contribution in [0.4, 0.5) is 0 Å². The summed E-state index contributed by atoms with van der Waals surface area (Å²) in [5, 5.41) is 12.7. The molecule has 20 heavy (non-hydrogen) atoms. The molecule has 2 unspecified atom stereocenters. The van der Waals surface area contributed by atoms with E-state index in [1.807, 2.05) is 6.92 Å². The molecule has 0 bridgehead atoms. The smallest absolute Gasteiger partial charge is 0.104 e. The van der Waals surface area contributed by atoms with Crippen molar-refractivity contribution in [2.45, 2.75) is 58.0 Å². The minimum absolute atomic E-state index is 0.344. The van der Waals surface area contributed by atoms with E-state index in [-0.39, 0.29) is 0 Å². The van der Waals surface area contributed by atoms with E-state index in [4.69, 9.17) is 4.74 Å². The van der Waals surface area contributed by atoms with Crippen molar-refractivity contribution < 1.29 is 4.74 Å². The number of nitrogens with zero attached hydrogens (tertiary/aromatic N) is 2. The molecule has 1 aliphatic heterocycles. The Morgan fingerprint density at radius 3 is 2.80 bits per heavy atom. The second-order valence-corrected chi connectivity index (χ2v) is 6.69. The zero-order valence-corrected chi connectivity index (χ0v) is 13.6. The molecule has 1 rings (SSSR count). The predicted molar refractivity (Wildman–Crippen MR) is 82.6 cm³/mol. The standard InChI is InChI=1S/C16H31N3O/c1-14(2)18-16(3,13-17)8-6-9-19(4)11-15-7-5-10-20-12-15/h14-15,18H,5-12H2,1-4H3. The summed E-state index contributed by atoms with van der Waals surface area (Å²) in [6.45, 7) is 10.2. The maximum atomic E-state index is 9.32. The molecule has 0 aromatic heterocycles. The van der Waals surface area contributed by atoms with Crippen LogP contribution in [-0.2, 0) is 4.74 Å². The third-order valence-electron chi connectivity index (χ3n) is 3.90. The van der Waals surface area contributed by atoms with Gasteiger partial charge in [-0.2, -0.15) is 5.26 Å². The van der Waals surface area contributed by atoms with Gasteiger partial charge in [-0.15, -0.1) is 0 Å². The summed E-state index contributed by atoms with van der Waals surface area (Å²) in [5.74, 6) is 0.685. The van der Waals surface area contributed by atoms with Crippen LogP contribution in [0.1, 0.15) is 46.5 Å². The van der Waals surface area contributed by atoms with Gasteiger partial charge in [0.05, 0.1) is 12.7 Å². The molecular formula is C16H31N3O. The molecule has 1 heterocycles. The van der Waals surface area contributed by atoms with Crippen LogP contribution < -0.4 is 5.32 Å². The van der Waals surface area contributed by atoms with Crippen molar-refractivity contribution >= 4 is 0 Å². The molecule has 1 N–H and O–H groups in total. The van der Waals surface area contributed by atoms with E-state index in [0.29, 0.717) is 12.0 Å². The number of nitriles is 1. The maximum Gasteiger partial charge on any atom is 0.104 e. The average molecular weight is 281 g/mol. The molecule has 0 amide bonds. The summed E-state index contributed by atoms with van der Waals surface area (Å²) in [7, 11) is 2.17. The lowest BCUT2D eigenvalue weighted by molar-refractivity contribution is 0.0417. The largest absolute Gasteiger partial charge is 0.381 e. The van der Waals surface area contributed by atoms with Crippen LogP contribution in [0, 0.1) is 17.2 Å². The van der Waals surface area contributed by atoms with Gasteiger partial charge in [-0.1, -0.05) is 0 Å². The molecule has 4 heteroatoms. The highest BCUT2D eigenvalue weighted by Crippen LogP contribution is 2.16. The van der Waals surface area contributed by atoms with Gasteiger partial charge in [0.1, 0.15) is 5.54 Å². The Labute approximate surface area is 124 Å². The van der Waals surface area contributed by atoms with Crippen LogP contribution in [0.2, 0.25) is 0 Å². The zero-order chi connectivity index (χ0) is 15.0. The number of hydrogen-bond acceptors (Lipinski definition) is 4. The number of ether oxygens (including phenoxy) is 1. The van der Waals surface area contributed by atoms with Crippen LogP contribution in [-0.4, -0.2) is 49.8 Å². The van der Waals surface area contributed by atoms with Crippen LogP contribution >= 0.6 is 0 Å². The predicted octanol–water partition coefficient (Wildman–Crippen LogP) is 2.41. The van der Waals surface area contributed by atoms with Crippen molar-refractivity contribution in [1.29, 1.82) is 5.26 Å². The topological polar surface area (TPSA) is 48.3 Å². The molecule has 2 atom stereocenters. The Morgan fingerprint density at radius 2 is 2.25 bits per heavy atom. The van der Waals surface area contributed by atoms with E-state index in [9.17, 15) is 5.26 Å². The summed E-state index contributed by atoms with van der Waals surface area (Å²) < 4.78 is 5.52. The monoisotopic (exact) mass is 281 g/mol. The lowest BCUT2D eigenvalue weighted by Crippen LogP contribution is -2.45. The first-order chi connectivity index (χ1) is 9.45. The quantitative estimate of drug-likeness (QED) is 0.742. The lowest BCUT2D eigenvalue weighted by Gasteiger charge is -2.29. The highest BCUT2D eigenvalue weighted by Gasteiger charge is 2.24. The average Bonchev–Trinajstić information content (AvgIpc) is 2.39. The number of nitrogens with one attached hydrogen (secondary N) is 1. The fourth-order valence-corrected chi connectivity index (χ4v) is 2.98. The summed E-state index contributed by atoms with van der Waals surface area (Å²) >= 11 is 0. The molecule has 0 spiro atoms. The van der Waals surface area contributed by atoms with Crippen molar-refractivity contribution in [2.24, 2.45) is 5.92 Å². The van der Waals surface area contributed by atoms with Crippen molar-refractivity contribution in [2.75, 3.05) is 33.4 Å². The number of rotatable bonds is 8. The van der Waals surface area contributed by atoms with Crippen LogP contribution in [0.3, 0.4) is 0 Å². The van der Waals surface area contributed by atoms with Gasteiger partial charge in [-0.05, 0) is 66.0 Å². The minimum Gasteiger partial charge on any atom is -0.381 e. The third-order valence-corrected chi connectivity index (χ3v) is 3.90. The molecule has 1 saturated heterocycles. The van der Waals surface area contributed by atoms with Gasteiger partial charge in [0.15, 0.2) is 0 Å². The van der Waals surface area contributed by atoms with Gasteiger partial charge in [0.25, 0.3) is 0 Å². The summed E-state index contributed by atoms with van der Waals surface area (Å²) in [6, 6.07) is 2.76. The van der Waals surface area contributed by atoms with Gasteiger partial charge in [-0.3, -0.25) is 5.32 Å². The van der Waals surface area contributed by atoms with Crippen molar-refractivity contribution in [3.8, 4) is 6.07 Å². The second-order valence-electron chi connectivity index (χ2n) is 6.69. The highest BCUT2D eigenvalue weighted by molar-refractivity contribution is 5.04. The Hall–Kier alpha value is -0.630. The Bertz CT molecular complexity index is 307. The van der Waals surface area contributed by atoms with Gasteiger partial charge < -0.3 is 9.64 Å². The Morgan fingerprint density at radius 1 is 1.50 bits per heavy atom. The number of hydrogen-bond donors (Lipinski definition) is 1. The molecule has 116 valence electrons. The van der Waals surface area contributed by atoms with E-state index in [0.717, 1.165) is 39.1 Å². The third kappa shape index (κ3) is 6.69.